The number of carbonyl (C=O) groups is 2. The SMILES string of the molecule is CSCCC(C)N(C)C(=O)N1CCC(CCC(=O)O)CC1. The van der Waals surface area contributed by atoms with E-state index in [1.54, 1.807) is 11.8 Å². The van der Waals surface area contributed by atoms with Crippen molar-refractivity contribution in [3.8, 4) is 0 Å². The number of hydrogen-bond acceptors (Lipinski definition) is 3. The number of nitrogens with zero attached hydrogens (tertiary/aromatic N) is 2. The fraction of sp³-hybridized carbons (Fsp3) is 0.867. The van der Waals surface area contributed by atoms with Crippen LogP contribution in [0, 0.1) is 5.92 Å². The summed E-state index contributed by atoms with van der Waals surface area (Å²) in [6, 6.07) is 0.370. The molecule has 1 saturated heterocycles. The molecule has 0 spiro atoms. The normalized spacial score (nSPS) is 17.6. The summed E-state index contributed by atoms with van der Waals surface area (Å²) in [6.07, 6.45) is 5.91. The van der Waals surface area contributed by atoms with Gasteiger partial charge in [-0.2, -0.15) is 11.8 Å². The lowest BCUT2D eigenvalue weighted by Crippen LogP contribution is -2.48. The zero-order chi connectivity index (χ0) is 15.8. The number of likely N-dealkylation sites (tertiary alicyclic amines) is 1. The van der Waals surface area contributed by atoms with E-state index in [1.807, 2.05) is 16.8 Å². The zero-order valence-corrected chi connectivity index (χ0v) is 14.2. The second-order valence-electron chi connectivity index (χ2n) is 5.89. The van der Waals surface area contributed by atoms with Gasteiger partial charge in [-0.25, -0.2) is 4.79 Å². The quantitative estimate of drug-likeness (QED) is 0.784. The van der Waals surface area contributed by atoms with Crippen LogP contribution >= 0.6 is 11.8 Å². The predicted molar refractivity (Wildman–Crippen MR) is 86.8 cm³/mol. The number of urea groups is 1. The summed E-state index contributed by atoms with van der Waals surface area (Å²) < 4.78 is 0. The Morgan fingerprint density at radius 2 is 2.00 bits per heavy atom. The van der Waals surface area contributed by atoms with Gasteiger partial charge >= 0.3 is 12.0 Å². The first kappa shape index (κ1) is 18.1. The molecule has 1 aliphatic rings. The second kappa shape index (κ2) is 9.18. The number of aliphatic carboxylic acids is 1. The minimum atomic E-state index is -0.726. The average Bonchev–Trinajstić information content (AvgIpc) is 2.49. The highest BCUT2D eigenvalue weighted by molar-refractivity contribution is 7.98. The lowest BCUT2D eigenvalue weighted by atomic mass is 9.92. The maximum atomic E-state index is 12.4. The highest BCUT2D eigenvalue weighted by Crippen LogP contribution is 2.23. The molecule has 1 rings (SSSR count). The molecule has 1 unspecified atom stereocenters. The van der Waals surface area contributed by atoms with Gasteiger partial charge in [0.2, 0.25) is 0 Å². The first-order chi connectivity index (χ1) is 9.95. The summed E-state index contributed by atoms with van der Waals surface area (Å²) in [5, 5.41) is 8.72. The van der Waals surface area contributed by atoms with Crippen molar-refractivity contribution in [2.45, 2.75) is 45.1 Å². The van der Waals surface area contributed by atoms with Crippen LogP contribution in [0.5, 0.6) is 0 Å². The smallest absolute Gasteiger partial charge is 0.319 e. The largest absolute Gasteiger partial charge is 0.481 e. The van der Waals surface area contributed by atoms with E-state index in [4.69, 9.17) is 5.11 Å². The van der Waals surface area contributed by atoms with Crippen molar-refractivity contribution in [2.75, 3.05) is 32.1 Å². The van der Waals surface area contributed by atoms with Gasteiger partial charge in [0.15, 0.2) is 0 Å². The van der Waals surface area contributed by atoms with Gasteiger partial charge in [0.05, 0.1) is 0 Å². The third-order valence-corrected chi connectivity index (χ3v) is 5.00. The third kappa shape index (κ3) is 6.16. The number of rotatable bonds is 7. The van der Waals surface area contributed by atoms with Gasteiger partial charge in [-0.1, -0.05) is 0 Å². The van der Waals surface area contributed by atoms with Crippen LogP contribution < -0.4 is 0 Å². The Hall–Kier alpha value is -0.910. The second-order valence-corrected chi connectivity index (χ2v) is 6.87. The first-order valence-electron chi connectivity index (χ1n) is 7.68. The molecule has 0 bridgehead atoms. The number of carboxylic acid groups (broad SMARTS) is 1. The molecular weight excluding hydrogens is 288 g/mol. The third-order valence-electron chi connectivity index (χ3n) is 4.35. The number of amides is 2. The summed E-state index contributed by atoms with van der Waals surface area (Å²) in [7, 11) is 1.88. The highest BCUT2D eigenvalue weighted by atomic mass is 32.2. The minimum Gasteiger partial charge on any atom is -0.481 e. The van der Waals surface area contributed by atoms with Crippen LogP contribution in [0.2, 0.25) is 0 Å². The number of carboxylic acids is 1. The lowest BCUT2D eigenvalue weighted by molar-refractivity contribution is -0.137. The number of hydrogen-bond donors (Lipinski definition) is 1. The van der Waals surface area contributed by atoms with Crippen LogP contribution in [0.4, 0.5) is 4.79 Å². The van der Waals surface area contributed by atoms with Gasteiger partial charge in [0.25, 0.3) is 0 Å². The molecule has 1 fully saturated rings. The average molecular weight is 316 g/mol. The molecule has 6 heteroatoms. The van der Waals surface area contributed by atoms with Gasteiger partial charge in [-0.3, -0.25) is 4.79 Å². The summed E-state index contributed by atoms with van der Waals surface area (Å²) >= 11 is 1.80. The van der Waals surface area contributed by atoms with E-state index in [0.717, 1.165) is 44.5 Å². The molecule has 1 aliphatic heterocycles. The number of piperidine rings is 1. The summed E-state index contributed by atoms with van der Waals surface area (Å²) in [4.78, 5) is 26.8. The molecule has 1 atom stereocenters. The van der Waals surface area contributed by atoms with Crippen LogP contribution in [-0.2, 0) is 4.79 Å². The Balaban J connectivity index is 2.35. The number of thioether (sulfide) groups is 1. The molecule has 1 heterocycles. The Labute approximate surface area is 132 Å². The summed E-state index contributed by atoms with van der Waals surface area (Å²) in [6.45, 7) is 3.60. The van der Waals surface area contributed by atoms with Crippen LogP contribution in [0.3, 0.4) is 0 Å². The molecule has 21 heavy (non-hydrogen) atoms. The maximum absolute atomic E-state index is 12.4. The van der Waals surface area contributed by atoms with Crippen molar-refractivity contribution < 1.29 is 14.7 Å². The molecule has 5 nitrogen and oxygen atoms in total. The molecule has 0 radical (unpaired) electrons. The Morgan fingerprint density at radius 1 is 1.38 bits per heavy atom. The van der Waals surface area contributed by atoms with Crippen LogP contribution in [-0.4, -0.2) is 65.1 Å². The summed E-state index contributed by atoms with van der Waals surface area (Å²) in [5.41, 5.74) is 0. The van der Waals surface area contributed by atoms with Crippen molar-refractivity contribution in [3.05, 3.63) is 0 Å². The molecule has 0 aromatic carbocycles. The monoisotopic (exact) mass is 316 g/mol. The maximum Gasteiger partial charge on any atom is 0.319 e. The predicted octanol–water partition coefficient (Wildman–Crippen LogP) is 2.76. The molecule has 0 saturated carbocycles. The Morgan fingerprint density at radius 3 is 2.52 bits per heavy atom. The molecule has 0 aromatic heterocycles. The van der Waals surface area contributed by atoms with Crippen molar-refractivity contribution >= 4 is 23.8 Å². The van der Waals surface area contributed by atoms with E-state index in [9.17, 15) is 9.59 Å². The van der Waals surface area contributed by atoms with Crippen LogP contribution in [0.25, 0.3) is 0 Å². The van der Waals surface area contributed by atoms with E-state index in [-0.39, 0.29) is 18.5 Å². The van der Waals surface area contributed by atoms with Crippen molar-refractivity contribution in [3.63, 3.8) is 0 Å². The van der Waals surface area contributed by atoms with Crippen LogP contribution in [0.1, 0.15) is 39.0 Å². The van der Waals surface area contributed by atoms with E-state index in [2.05, 4.69) is 13.2 Å². The van der Waals surface area contributed by atoms with E-state index >= 15 is 0 Å². The standard InChI is InChI=1S/C15H28N2O3S/c1-12(8-11-21-3)16(2)15(20)17-9-6-13(7-10-17)4-5-14(18)19/h12-13H,4-11H2,1-3H3,(H,18,19). The Kier molecular flexibility index (Phi) is 7.93. The van der Waals surface area contributed by atoms with E-state index in [1.165, 1.54) is 0 Å². The van der Waals surface area contributed by atoms with E-state index < -0.39 is 5.97 Å². The molecule has 0 aliphatic carbocycles. The molecule has 1 N–H and O–H groups in total. The van der Waals surface area contributed by atoms with Crippen LogP contribution in [0.15, 0.2) is 0 Å². The fourth-order valence-electron chi connectivity index (χ4n) is 2.63. The van der Waals surface area contributed by atoms with Crippen molar-refractivity contribution in [1.29, 1.82) is 0 Å². The molecular formula is C15H28N2O3S. The van der Waals surface area contributed by atoms with Crippen molar-refractivity contribution in [1.82, 2.24) is 9.80 Å². The number of carbonyl (C=O) groups excluding carboxylic acids is 1. The highest BCUT2D eigenvalue weighted by Gasteiger charge is 2.26. The Bertz CT molecular complexity index is 344. The minimum absolute atomic E-state index is 0.111. The zero-order valence-electron chi connectivity index (χ0n) is 13.4. The topological polar surface area (TPSA) is 60.9 Å². The molecule has 0 aromatic rings. The first-order valence-corrected chi connectivity index (χ1v) is 9.07. The van der Waals surface area contributed by atoms with Crippen molar-refractivity contribution in [2.24, 2.45) is 5.92 Å². The van der Waals surface area contributed by atoms with Gasteiger partial charge in [0, 0.05) is 32.6 Å². The fourth-order valence-corrected chi connectivity index (χ4v) is 3.21. The molecule has 122 valence electrons. The van der Waals surface area contributed by atoms with Gasteiger partial charge < -0.3 is 14.9 Å². The van der Waals surface area contributed by atoms with Gasteiger partial charge in [0.1, 0.15) is 0 Å². The summed E-state index contributed by atoms with van der Waals surface area (Å²) in [5.74, 6) is 0.788. The van der Waals surface area contributed by atoms with Gasteiger partial charge in [-0.15, -0.1) is 0 Å². The lowest BCUT2D eigenvalue weighted by Gasteiger charge is -2.36. The van der Waals surface area contributed by atoms with Gasteiger partial charge in [-0.05, 0) is 50.5 Å². The van der Waals surface area contributed by atoms with E-state index in [0.29, 0.717) is 5.92 Å². The molecule has 2 amide bonds.